The van der Waals surface area contributed by atoms with E-state index in [0.717, 1.165) is 0 Å². The number of hydrogen-bond acceptors (Lipinski definition) is 2. The van der Waals surface area contributed by atoms with Gasteiger partial charge in [-0.15, -0.1) is 0 Å². The molecule has 110 valence electrons. The Kier molecular flexibility index (Phi) is 4.34. The third-order valence-corrected chi connectivity index (χ3v) is 3.17. The summed E-state index contributed by atoms with van der Waals surface area (Å²) in [6.45, 7) is 0. The molecule has 0 aliphatic carbocycles. The van der Waals surface area contributed by atoms with Crippen LogP contribution < -0.4 is 11.1 Å². The van der Waals surface area contributed by atoms with Crippen LogP contribution in [0.25, 0.3) is 0 Å². The minimum atomic E-state index is -1.55. The first-order valence-electron chi connectivity index (χ1n) is 5.50. The first-order chi connectivity index (χ1) is 9.81. The summed E-state index contributed by atoms with van der Waals surface area (Å²) in [6.07, 6.45) is 0. The van der Waals surface area contributed by atoms with Crippen LogP contribution in [0.5, 0.6) is 0 Å². The average Bonchev–Trinajstić information content (AvgIpc) is 2.42. The van der Waals surface area contributed by atoms with Crippen LogP contribution in [0.15, 0.2) is 24.3 Å². The van der Waals surface area contributed by atoms with Gasteiger partial charge in [0.15, 0.2) is 23.3 Å². The number of rotatable bonds is 3. The van der Waals surface area contributed by atoms with E-state index < -0.39 is 29.0 Å². The van der Waals surface area contributed by atoms with Crippen LogP contribution >= 0.6 is 23.8 Å². The molecule has 2 nitrogen and oxygen atoms in total. The van der Waals surface area contributed by atoms with Gasteiger partial charge in [-0.1, -0.05) is 23.8 Å². The molecule has 0 amide bonds. The summed E-state index contributed by atoms with van der Waals surface area (Å²) in [5.74, 6) is -6.15. The maximum absolute atomic E-state index is 13.5. The lowest BCUT2D eigenvalue weighted by molar-refractivity contribution is 0.459. The Morgan fingerprint density at radius 1 is 1.05 bits per heavy atom. The molecular formula is C13H7ClF4N2S. The van der Waals surface area contributed by atoms with Gasteiger partial charge in [0.25, 0.3) is 0 Å². The van der Waals surface area contributed by atoms with Crippen molar-refractivity contribution in [1.82, 2.24) is 0 Å². The number of anilines is 2. The normalized spacial score (nSPS) is 10.5. The maximum atomic E-state index is 13.5. The first-order valence-corrected chi connectivity index (χ1v) is 6.29. The number of benzene rings is 2. The molecule has 2 rings (SSSR count). The first kappa shape index (κ1) is 15.5. The Morgan fingerprint density at radius 3 is 2.10 bits per heavy atom. The van der Waals surface area contributed by atoms with Gasteiger partial charge in [0.05, 0.1) is 10.7 Å². The van der Waals surface area contributed by atoms with E-state index >= 15 is 0 Å². The predicted octanol–water partition coefficient (Wildman–Crippen LogP) is 4.27. The molecule has 8 heteroatoms. The fraction of sp³-hybridized carbons (Fsp3) is 0. The van der Waals surface area contributed by atoms with Gasteiger partial charge in [-0.3, -0.25) is 0 Å². The van der Waals surface area contributed by atoms with E-state index in [1.807, 2.05) is 0 Å². The Balaban J connectivity index is 2.46. The molecule has 2 aromatic carbocycles. The summed E-state index contributed by atoms with van der Waals surface area (Å²) >= 11 is 10.6. The summed E-state index contributed by atoms with van der Waals surface area (Å²) in [5.41, 5.74) is 4.91. The molecule has 2 aromatic rings. The SMILES string of the molecule is NC(=S)c1ccc(Nc2c(F)c(F)cc(F)c2F)c(Cl)c1. The molecule has 0 spiro atoms. The van der Waals surface area contributed by atoms with Crippen molar-refractivity contribution in [3.63, 3.8) is 0 Å². The van der Waals surface area contributed by atoms with Gasteiger partial charge < -0.3 is 11.1 Å². The number of nitrogens with two attached hydrogens (primary N) is 1. The smallest absolute Gasteiger partial charge is 0.185 e. The van der Waals surface area contributed by atoms with Crippen molar-refractivity contribution in [3.05, 3.63) is 58.1 Å². The zero-order valence-corrected chi connectivity index (χ0v) is 11.8. The van der Waals surface area contributed by atoms with Crippen LogP contribution in [0.1, 0.15) is 5.56 Å². The van der Waals surface area contributed by atoms with Gasteiger partial charge in [-0.2, -0.15) is 0 Å². The number of hydrogen-bond donors (Lipinski definition) is 2. The highest BCUT2D eigenvalue weighted by atomic mass is 35.5. The molecule has 21 heavy (non-hydrogen) atoms. The van der Waals surface area contributed by atoms with Crippen molar-refractivity contribution >= 4 is 40.2 Å². The molecular weight excluding hydrogens is 328 g/mol. The molecule has 3 N–H and O–H groups in total. The van der Waals surface area contributed by atoms with Crippen molar-refractivity contribution in [1.29, 1.82) is 0 Å². The summed E-state index contributed by atoms with van der Waals surface area (Å²) < 4.78 is 53.3. The highest BCUT2D eigenvalue weighted by molar-refractivity contribution is 7.80. The van der Waals surface area contributed by atoms with Crippen LogP contribution in [0, 0.1) is 23.3 Å². The Labute approximate surface area is 127 Å². The van der Waals surface area contributed by atoms with Crippen molar-refractivity contribution in [2.45, 2.75) is 0 Å². The van der Waals surface area contributed by atoms with Crippen LogP contribution in [0.4, 0.5) is 28.9 Å². The van der Waals surface area contributed by atoms with Crippen LogP contribution in [0.2, 0.25) is 5.02 Å². The minimum absolute atomic E-state index is 0.0313. The van der Waals surface area contributed by atoms with E-state index in [4.69, 9.17) is 29.6 Å². The lowest BCUT2D eigenvalue weighted by atomic mass is 10.2. The Bertz CT molecular complexity index is 710. The minimum Gasteiger partial charge on any atom is -0.389 e. The van der Waals surface area contributed by atoms with Crippen molar-refractivity contribution in [2.75, 3.05) is 5.32 Å². The average molecular weight is 335 g/mol. The van der Waals surface area contributed by atoms with Crippen molar-refractivity contribution < 1.29 is 17.6 Å². The lowest BCUT2D eigenvalue weighted by Crippen LogP contribution is -2.09. The largest absolute Gasteiger partial charge is 0.389 e. The molecule has 0 fully saturated rings. The summed E-state index contributed by atoms with van der Waals surface area (Å²) in [4.78, 5) is 0.0811. The van der Waals surface area contributed by atoms with Crippen LogP contribution in [-0.2, 0) is 0 Å². The predicted molar refractivity (Wildman–Crippen MR) is 76.9 cm³/mol. The lowest BCUT2D eigenvalue weighted by Gasteiger charge is -2.12. The van der Waals surface area contributed by atoms with E-state index in [1.165, 1.54) is 18.2 Å². The number of thiocarbonyl (C=S) groups is 1. The van der Waals surface area contributed by atoms with E-state index in [1.54, 1.807) is 0 Å². The second-order valence-corrected chi connectivity index (χ2v) is 4.87. The third kappa shape index (κ3) is 3.08. The highest BCUT2D eigenvalue weighted by Gasteiger charge is 2.20. The Morgan fingerprint density at radius 2 is 1.62 bits per heavy atom. The Hall–Kier alpha value is -1.86. The van der Waals surface area contributed by atoms with Gasteiger partial charge in [-0.05, 0) is 18.2 Å². The van der Waals surface area contributed by atoms with Gasteiger partial charge in [-0.25, -0.2) is 17.6 Å². The second-order valence-electron chi connectivity index (χ2n) is 4.03. The standard InChI is InChI=1S/C13H7ClF4N2S/c14-6-3-5(13(19)21)1-2-9(6)20-12-10(17)7(15)4-8(16)11(12)18/h1-4,20H,(H2,19,21). The molecule has 0 heterocycles. The molecule has 0 bridgehead atoms. The summed E-state index contributed by atoms with van der Waals surface area (Å²) in [7, 11) is 0. The fourth-order valence-corrected chi connectivity index (χ4v) is 1.94. The molecule has 0 aliphatic rings. The zero-order chi connectivity index (χ0) is 15.7. The van der Waals surface area contributed by atoms with E-state index in [0.29, 0.717) is 5.56 Å². The zero-order valence-electron chi connectivity index (χ0n) is 10.2. The van der Waals surface area contributed by atoms with Gasteiger partial charge in [0, 0.05) is 11.6 Å². The van der Waals surface area contributed by atoms with E-state index in [-0.39, 0.29) is 21.8 Å². The molecule has 0 radical (unpaired) electrons. The molecule has 0 saturated carbocycles. The monoisotopic (exact) mass is 334 g/mol. The topological polar surface area (TPSA) is 38.0 Å². The van der Waals surface area contributed by atoms with E-state index in [2.05, 4.69) is 5.32 Å². The second kappa shape index (κ2) is 5.87. The molecule has 0 aromatic heterocycles. The summed E-state index contributed by atoms with van der Waals surface area (Å²) in [6, 6.07) is 4.26. The fourth-order valence-electron chi connectivity index (χ4n) is 1.59. The molecule has 0 unspecified atom stereocenters. The van der Waals surface area contributed by atoms with Crippen LogP contribution in [0.3, 0.4) is 0 Å². The van der Waals surface area contributed by atoms with Gasteiger partial charge in [0.2, 0.25) is 0 Å². The summed E-state index contributed by atoms with van der Waals surface area (Å²) in [5, 5.41) is 2.24. The number of halogens is 5. The molecule has 0 atom stereocenters. The maximum Gasteiger partial charge on any atom is 0.185 e. The van der Waals surface area contributed by atoms with Gasteiger partial charge >= 0.3 is 0 Å². The molecule has 0 saturated heterocycles. The van der Waals surface area contributed by atoms with E-state index in [9.17, 15) is 17.6 Å². The highest BCUT2D eigenvalue weighted by Crippen LogP contribution is 2.31. The third-order valence-electron chi connectivity index (χ3n) is 2.63. The molecule has 0 aliphatic heterocycles. The number of nitrogens with one attached hydrogen (secondary N) is 1. The van der Waals surface area contributed by atoms with Gasteiger partial charge in [0.1, 0.15) is 10.7 Å². The van der Waals surface area contributed by atoms with Crippen molar-refractivity contribution in [3.8, 4) is 0 Å². The van der Waals surface area contributed by atoms with Crippen molar-refractivity contribution in [2.24, 2.45) is 5.73 Å². The van der Waals surface area contributed by atoms with Crippen LogP contribution in [-0.4, -0.2) is 4.99 Å². The quantitative estimate of drug-likeness (QED) is 0.500.